The fourth-order valence-electron chi connectivity index (χ4n) is 0.122. The van der Waals surface area contributed by atoms with Gasteiger partial charge in [-0.15, -0.1) is 0 Å². The van der Waals surface area contributed by atoms with Crippen LogP contribution in [0.4, 0.5) is 26.3 Å². The molecule has 0 bridgehead atoms. The molecule has 0 spiro atoms. The van der Waals surface area contributed by atoms with Gasteiger partial charge in [0.15, 0.2) is 0 Å². The molecule has 80 valence electrons. The summed E-state index contributed by atoms with van der Waals surface area (Å²) >= 11 is -1.74. The molecule has 0 aliphatic rings. The number of hydrogen-bond donors (Lipinski definition) is 0. The largest absolute Gasteiger partial charge is 0.524 e. The Morgan fingerprint density at radius 3 is 1.62 bits per heavy atom. The highest BCUT2D eigenvalue weighted by Gasteiger charge is 2.50. The quantitative estimate of drug-likeness (QED) is 0.427. The monoisotopic (exact) mass is 250 g/mol. The summed E-state index contributed by atoms with van der Waals surface area (Å²) in [5.41, 5.74) is -11.1. The second-order valence-corrected chi connectivity index (χ2v) is 4.04. The van der Waals surface area contributed by atoms with Crippen LogP contribution in [-0.2, 0) is 13.7 Å². The Kier molecular flexibility index (Phi) is 3.49. The molecular weight excluding hydrogens is 250 g/mol. The molecule has 0 N–H and O–H groups in total. The van der Waals surface area contributed by atoms with E-state index in [4.69, 9.17) is 0 Å². The van der Waals surface area contributed by atoms with Gasteiger partial charge in [0.2, 0.25) is 0 Å². The minimum absolute atomic E-state index is 1.74. The minimum Gasteiger partial charge on any atom is -0.189 e. The van der Waals surface area contributed by atoms with E-state index in [9.17, 15) is 34.8 Å². The first-order valence-corrected chi connectivity index (χ1v) is 4.36. The van der Waals surface area contributed by atoms with Crippen LogP contribution in [0.15, 0.2) is 0 Å². The van der Waals surface area contributed by atoms with Gasteiger partial charge in [-0.1, -0.05) is 0 Å². The lowest BCUT2D eigenvalue weighted by molar-refractivity contribution is -0.0523. The average molecular weight is 250 g/mol. The molecule has 0 saturated carbocycles. The highest BCUT2D eigenvalue weighted by Crippen LogP contribution is 2.36. The molecule has 0 aromatic heterocycles. The van der Waals surface area contributed by atoms with Gasteiger partial charge in [-0.25, -0.2) is 0 Å². The van der Waals surface area contributed by atoms with E-state index in [1.807, 2.05) is 0 Å². The van der Waals surface area contributed by atoms with E-state index in [1.54, 1.807) is 0 Å². The first kappa shape index (κ1) is 12.8. The summed E-state index contributed by atoms with van der Waals surface area (Å²) in [4.78, 5) is 0. The summed E-state index contributed by atoms with van der Waals surface area (Å²) in [6.45, 7) is 0. The third-order valence-corrected chi connectivity index (χ3v) is 2.25. The zero-order chi connectivity index (χ0) is 10.9. The van der Waals surface area contributed by atoms with Gasteiger partial charge < -0.3 is 0 Å². The molecule has 13 heavy (non-hydrogen) atoms. The van der Waals surface area contributed by atoms with Gasteiger partial charge >= 0.3 is 21.1 Å². The molecule has 0 saturated heterocycles. The summed E-state index contributed by atoms with van der Waals surface area (Å²) < 4.78 is 89.7. The van der Waals surface area contributed by atoms with Crippen LogP contribution in [0.2, 0.25) is 0 Å². The average Bonchev–Trinajstić information content (AvgIpc) is 1.79. The van der Waals surface area contributed by atoms with Crippen LogP contribution in [0.1, 0.15) is 0 Å². The van der Waals surface area contributed by atoms with E-state index in [0.717, 1.165) is 0 Å². The zero-order valence-electron chi connectivity index (χ0n) is 5.31. The molecule has 0 heterocycles. The van der Waals surface area contributed by atoms with Crippen molar-refractivity contribution in [3.05, 3.63) is 0 Å². The van der Waals surface area contributed by atoms with E-state index in [1.165, 1.54) is 0 Å². The Morgan fingerprint density at radius 2 is 1.38 bits per heavy atom. The van der Waals surface area contributed by atoms with Crippen molar-refractivity contribution in [3.8, 4) is 0 Å². The Morgan fingerprint density at radius 1 is 1.00 bits per heavy atom. The molecule has 11 heteroatoms. The lowest BCUT2D eigenvalue weighted by Gasteiger charge is -2.07. The standard InChI is InChI=1S/C2F6O3S2/c3-1(4,5)12-11-13(9,10)2(6,7)8. The topological polar surface area (TPSA) is 43.4 Å². The van der Waals surface area contributed by atoms with Crippen LogP contribution in [0.25, 0.3) is 0 Å². The summed E-state index contributed by atoms with van der Waals surface area (Å²) in [5, 5.41) is 0. The maximum Gasteiger partial charge on any atom is 0.524 e. The smallest absolute Gasteiger partial charge is 0.189 e. The number of hydrogen-bond acceptors (Lipinski definition) is 4. The molecule has 0 aliphatic heterocycles. The molecule has 0 aromatic carbocycles. The molecule has 0 atom stereocenters. The number of halogens is 6. The van der Waals surface area contributed by atoms with Gasteiger partial charge in [-0.2, -0.15) is 38.4 Å². The molecule has 0 radical (unpaired) electrons. The van der Waals surface area contributed by atoms with Gasteiger partial charge in [0.1, 0.15) is 12.0 Å². The second-order valence-electron chi connectivity index (χ2n) is 1.50. The van der Waals surface area contributed by atoms with E-state index >= 15 is 0 Å². The molecular formula is C2F6O3S2. The third-order valence-electron chi connectivity index (χ3n) is 0.502. The summed E-state index contributed by atoms with van der Waals surface area (Å²) in [7, 11) is -6.19. The molecule has 0 rings (SSSR count). The van der Waals surface area contributed by atoms with Gasteiger partial charge in [-0.3, -0.25) is 0 Å². The van der Waals surface area contributed by atoms with Crippen molar-refractivity contribution in [2.45, 2.75) is 11.0 Å². The van der Waals surface area contributed by atoms with E-state index < -0.39 is 33.2 Å². The van der Waals surface area contributed by atoms with Crippen LogP contribution in [0.5, 0.6) is 0 Å². The van der Waals surface area contributed by atoms with Gasteiger partial charge in [0, 0.05) is 0 Å². The summed E-state index contributed by atoms with van der Waals surface area (Å²) in [5.74, 6) is 0. The van der Waals surface area contributed by atoms with Crippen molar-refractivity contribution < 1.29 is 38.4 Å². The van der Waals surface area contributed by atoms with Crippen LogP contribution in [-0.4, -0.2) is 19.4 Å². The van der Waals surface area contributed by atoms with Crippen LogP contribution in [0, 0.1) is 0 Å². The molecule has 0 aliphatic carbocycles. The van der Waals surface area contributed by atoms with Crippen molar-refractivity contribution in [2.24, 2.45) is 0 Å². The fraction of sp³-hybridized carbons (Fsp3) is 1.00. The van der Waals surface area contributed by atoms with Crippen molar-refractivity contribution in [2.75, 3.05) is 0 Å². The van der Waals surface area contributed by atoms with Crippen molar-refractivity contribution >= 4 is 22.2 Å². The van der Waals surface area contributed by atoms with E-state index in [2.05, 4.69) is 3.63 Å². The first-order valence-electron chi connectivity index (χ1n) is 2.21. The lowest BCUT2D eigenvalue weighted by atomic mass is 11.6. The number of alkyl halides is 6. The molecule has 0 amide bonds. The Hall–Kier alpha value is -0.160. The van der Waals surface area contributed by atoms with E-state index in [0.29, 0.717) is 0 Å². The highest BCUT2D eigenvalue weighted by molar-refractivity contribution is 8.05. The lowest BCUT2D eigenvalue weighted by Crippen LogP contribution is -2.24. The molecule has 3 nitrogen and oxygen atoms in total. The van der Waals surface area contributed by atoms with Crippen molar-refractivity contribution in [1.29, 1.82) is 0 Å². The normalized spacial score (nSPS) is 14.6. The Bertz CT molecular complexity index is 261. The predicted octanol–water partition coefficient (Wildman–Crippen LogP) is 2.02. The third kappa shape index (κ3) is 4.57. The van der Waals surface area contributed by atoms with Gasteiger partial charge in [0.05, 0.1) is 0 Å². The van der Waals surface area contributed by atoms with Crippen LogP contribution in [0.3, 0.4) is 0 Å². The Balaban J connectivity index is 4.40. The SMILES string of the molecule is O=S(=O)(OSC(F)(F)F)C(F)(F)F. The van der Waals surface area contributed by atoms with Crippen molar-refractivity contribution in [3.63, 3.8) is 0 Å². The fourth-order valence-corrected chi connectivity index (χ4v) is 1.10. The second kappa shape index (κ2) is 3.53. The molecule has 0 unspecified atom stereocenters. The highest BCUT2D eigenvalue weighted by atomic mass is 32.3. The maximum atomic E-state index is 11.3. The maximum absolute atomic E-state index is 11.3. The van der Waals surface area contributed by atoms with E-state index in [-0.39, 0.29) is 0 Å². The molecule has 0 aromatic rings. The predicted molar refractivity (Wildman–Crippen MR) is 29.7 cm³/mol. The van der Waals surface area contributed by atoms with Crippen LogP contribution < -0.4 is 0 Å². The van der Waals surface area contributed by atoms with Crippen molar-refractivity contribution in [1.82, 2.24) is 0 Å². The summed E-state index contributed by atoms with van der Waals surface area (Å²) in [6, 6.07) is 0. The zero-order valence-corrected chi connectivity index (χ0v) is 6.94. The molecule has 0 fully saturated rings. The summed E-state index contributed by atoms with van der Waals surface area (Å²) in [6.07, 6.45) is 0. The first-order chi connectivity index (χ1) is 5.46. The number of rotatable bonds is 2. The van der Waals surface area contributed by atoms with Crippen LogP contribution >= 0.6 is 12.0 Å². The Labute approximate surface area is 72.4 Å². The van der Waals surface area contributed by atoms with Gasteiger partial charge in [-0.05, 0) is 0 Å². The minimum atomic E-state index is -6.19. The van der Waals surface area contributed by atoms with Gasteiger partial charge in [0.25, 0.3) is 0 Å².